The molecular weight excluding hydrogens is 224 g/mol. The molecule has 4 nitrogen and oxygen atoms in total. The molecule has 0 aliphatic heterocycles. The lowest BCUT2D eigenvalue weighted by molar-refractivity contribution is -0.154. The van der Waals surface area contributed by atoms with E-state index in [1.54, 1.807) is 0 Å². The summed E-state index contributed by atoms with van der Waals surface area (Å²) < 4.78 is 5.19. The van der Waals surface area contributed by atoms with Crippen LogP contribution in [-0.4, -0.2) is 23.2 Å². The van der Waals surface area contributed by atoms with E-state index < -0.39 is 0 Å². The van der Waals surface area contributed by atoms with Gasteiger partial charge in [-0.15, -0.1) is 0 Å². The molecule has 0 amide bonds. The SMILES string of the molecule is CC(C)(C)OC(=O)CCCCCNC(N)=S. The van der Waals surface area contributed by atoms with Crippen molar-refractivity contribution in [1.29, 1.82) is 0 Å². The van der Waals surface area contributed by atoms with Crippen molar-refractivity contribution in [2.45, 2.75) is 52.1 Å². The largest absolute Gasteiger partial charge is 0.460 e. The van der Waals surface area contributed by atoms with E-state index in [0.29, 0.717) is 11.5 Å². The quantitative estimate of drug-likeness (QED) is 0.424. The lowest BCUT2D eigenvalue weighted by Gasteiger charge is -2.19. The molecule has 0 aliphatic carbocycles. The Labute approximate surface area is 103 Å². The van der Waals surface area contributed by atoms with Gasteiger partial charge in [0.25, 0.3) is 0 Å². The van der Waals surface area contributed by atoms with Crippen LogP contribution in [0.4, 0.5) is 0 Å². The molecule has 0 aliphatic rings. The van der Waals surface area contributed by atoms with Gasteiger partial charge in [-0.1, -0.05) is 6.42 Å². The van der Waals surface area contributed by atoms with Gasteiger partial charge in [-0.25, -0.2) is 0 Å². The Bertz CT molecular complexity index is 237. The first-order chi connectivity index (χ1) is 7.31. The van der Waals surface area contributed by atoms with Gasteiger partial charge < -0.3 is 15.8 Å². The average Bonchev–Trinajstić information content (AvgIpc) is 2.07. The molecule has 0 heterocycles. The van der Waals surface area contributed by atoms with Gasteiger partial charge in [0.2, 0.25) is 0 Å². The summed E-state index contributed by atoms with van der Waals surface area (Å²) >= 11 is 4.67. The van der Waals surface area contributed by atoms with Crippen LogP contribution in [0.2, 0.25) is 0 Å². The topological polar surface area (TPSA) is 64.3 Å². The molecule has 0 radical (unpaired) electrons. The van der Waals surface area contributed by atoms with Crippen molar-refractivity contribution < 1.29 is 9.53 Å². The molecular formula is C11H22N2O2S. The van der Waals surface area contributed by atoms with E-state index in [1.807, 2.05) is 20.8 Å². The molecule has 0 bridgehead atoms. The molecule has 0 saturated heterocycles. The van der Waals surface area contributed by atoms with Crippen LogP contribution in [0.1, 0.15) is 46.5 Å². The monoisotopic (exact) mass is 246 g/mol. The van der Waals surface area contributed by atoms with Crippen LogP contribution in [0.3, 0.4) is 0 Å². The smallest absolute Gasteiger partial charge is 0.306 e. The highest BCUT2D eigenvalue weighted by molar-refractivity contribution is 7.80. The fourth-order valence-electron chi connectivity index (χ4n) is 1.18. The highest BCUT2D eigenvalue weighted by Gasteiger charge is 2.15. The van der Waals surface area contributed by atoms with Gasteiger partial charge >= 0.3 is 5.97 Å². The van der Waals surface area contributed by atoms with Crippen molar-refractivity contribution in [3.05, 3.63) is 0 Å². The summed E-state index contributed by atoms with van der Waals surface area (Å²) in [7, 11) is 0. The Morgan fingerprint density at radius 1 is 1.31 bits per heavy atom. The maximum atomic E-state index is 11.3. The zero-order valence-electron chi connectivity index (χ0n) is 10.3. The molecule has 0 spiro atoms. The number of carbonyl (C=O) groups is 1. The Morgan fingerprint density at radius 3 is 2.44 bits per heavy atom. The van der Waals surface area contributed by atoms with Gasteiger partial charge in [0.1, 0.15) is 5.60 Å². The van der Waals surface area contributed by atoms with Crippen molar-refractivity contribution in [3.63, 3.8) is 0 Å². The summed E-state index contributed by atoms with van der Waals surface area (Å²) in [5.74, 6) is -0.130. The van der Waals surface area contributed by atoms with Gasteiger partial charge in [-0.05, 0) is 45.8 Å². The van der Waals surface area contributed by atoms with E-state index >= 15 is 0 Å². The second kappa shape index (κ2) is 7.44. The summed E-state index contributed by atoms with van der Waals surface area (Å²) in [6.45, 7) is 6.38. The Balaban J connectivity index is 3.38. The van der Waals surface area contributed by atoms with Crippen LogP contribution < -0.4 is 11.1 Å². The number of hydrogen-bond acceptors (Lipinski definition) is 3. The number of nitrogens with one attached hydrogen (secondary N) is 1. The number of carbonyl (C=O) groups excluding carboxylic acids is 1. The van der Waals surface area contributed by atoms with Crippen molar-refractivity contribution >= 4 is 23.3 Å². The number of ether oxygens (including phenoxy) is 1. The molecule has 0 fully saturated rings. The maximum absolute atomic E-state index is 11.3. The molecule has 0 aromatic carbocycles. The second-order valence-corrected chi connectivity index (χ2v) is 5.13. The zero-order chi connectivity index (χ0) is 12.6. The summed E-state index contributed by atoms with van der Waals surface area (Å²) in [6, 6.07) is 0. The molecule has 0 rings (SSSR count). The van der Waals surface area contributed by atoms with Crippen LogP contribution in [-0.2, 0) is 9.53 Å². The third-order valence-corrected chi connectivity index (χ3v) is 1.92. The summed E-state index contributed by atoms with van der Waals surface area (Å²) in [4.78, 5) is 11.3. The van der Waals surface area contributed by atoms with E-state index in [0.717, 1.165) is 25.8 Å². The molecule has 5 heteroatoms. The van der Waals surface area contributed by atoms with Crippen LogP contribution in [0.5, 0.6) is 0 Å². The second-order valence-electron chi connectivity index (χ2n) is 4.69. The maximum Gasteiger partial charge on any atom is 0.306 e. The first-order valence-corrected chi connectivity index (χ1v) is 5.97. The third-order valence-electron chi connectivity index (χ3n) is 1.78. The Hall–Kier alpha value is -0.840. The lowest BCUT2D eigenvalue weighted by atomic mass is 10.1. The number of thiocarbonyl (C=S) groups is 1. The molecule has 0 atom stereocenters. The van der Waals surface area contributed by atoms with E-state index in [9.17, 15) is 4.79 Å². The van der Waals surface area contributed by atoms with Crippen molar-refractivity contribution in [3.8, 4) is 0 Å². The van der Waals surface area contributed by atoms with E-state index in [1.165, 1.54) is 0 Å². The van der Waals surface area contributed by atoms with Crippen molar-refractivity contribution in [2.75, 3.05) is 6.54 Å². The predicted octanol–water partition coefficient (Wildman–Crippen LogP) is 1.72. The fraction of sp³-hybridized carbons (Fsp3) is 0.818. The molecule has 16 heavy (non-hydrogen) atoms. The van der Waals surface area contributed by atoms with E-state index in [2.05, 4.69) is 17.5 Å². The first-order valence-electron chi connectivity index (χ1n) is 5.56. The number of nitrogens with two attached hydrogens (primary N) is 1. The molecule has 3 N–H and O–H groups in total. The van der Waals surface area contributed by atoms with Gasteiger partial charge in [0, 0.05) is 13.0 Å². The number of rotatable bonds is 6. The summed E-state index contributed by atoms with van der Waals surface area (Å²) in [5, 5.41) is 3.19. The minimum Gasteiger partial charge on any atom is -0.460 e. The summed E-state index contributed by atoms with van der Waals surface area (Å²) in [6.07, 6.45) is 3.24. The van der Waals surface area contributed by atoms with Gasteiger partial charge in [-0.3, -0.25) is 4.79 Å². The third kappa shape index (κ3) is 11.2. The number of unbranched alkanes of at least 4 members (excludes halogenated alkanes) is 2. The van der Waals surface area contributed by atoms with Crippen molar-refractivity contribution in [1.82, 2.24) is 5.32 Å². The van der Waals surface area contributed by atoms with Gasteiger partial charge in [0.15, 0.2) is 5.11 Å². The average molecular weight is 246 g/mol. The Morgan fingerprint density at radius 2 is 1.94 bits per heavy atom. The highest BCUT2D eigenvalue weighted by atomic mass is 32.1. The first kappa shape index (κ1) is 15.2. The normalized spacial score (nSPS) is 10.9. The molecule has 0 saturated carbocycles. The van der Waals surface area contributed by atoms with Crippen LogP contribution in [0.25, 0.3) is 0 Å². The highest BCUT2D eigenvalue weighted by Crippen LogP contribution is 2.10. The predicted molar refractivity (Wildman–Crippen MR) is 69.1 cm³/mol. The van der Waals surface area contributed by atoms with Gasteiger partial charge in [-0.2, -0.15) is 0 Å². The summed E-state index contributed by atoms with van der Waals surface area (Å²) in [5.41, 5.74) is 4.89. The number of esters is 1. The number of hydrogen-bond donors (Lipinski definition) is 2. The van der Waals surface area contributed by atoms with Crippen molar-refractivity contribution in [2.24, 2.45) is 5.73 Å². The standard InChI is InChI=1S/C11H22N2O2S/c1-11(2,3)15-9(14)7-5-4-6-8-13-10(12)16/h4-8H2,1-3H3,(H3,12,13,16). The molecule has 0 aromatic heterocycles. The minimum atomic E-state index is -0.385. The molecule has 0 aromatic rings. The van der Waals surface area contributed by atoms with Crippen LogP contribution in [0, 0.1) is 0 Å². The van der Waals surface area contributed by atoms with E-state index in [-0.39, 0.29) is 11.6 Å². The zero-order valence-corrected chi connectivity index (χ0v) is 11.2. The van der Waals surface area contributed by atoms with Gasteiger partial charge in [0.05, 0.1) is 0 Å². The Kier molecular flexibility index (Phi) is 7.05. The molecule has 0 unspecified atom stereocenters. The molecule has 94 valence electrons. The lowest BCUT2D eigenvalue weighted by Crippen LogP contribution is -2.29. The van der Waals surface area contributed by atoms with E-state index in [4.69, 9.17) is 10.5 Å². The van der Waals surface area contributed by atoms with Crippen LogP contribution >= 0.6 is 12.2 Å². The minimum absolute atomic E-state index is 0.130. The fourth-order valence-corrected chi connectivity index (χ4v) is 1.28. The van der Waals surface area contributed by atoms with Crippen LogP contribution in [0.15, 0.2) is 0 Å².